The second kappa shape index (κ2) is 5.14. The lowest BCUT2D eigenvalue weighted by Crippen LogP contribution is -2.13. The van der Waals surface area contributed by atoms with Crippen molar-refractivity contribution in [2.45, 2.75) is 20.0 Å². The Balaban J connectivity index is 1.89. The molecule has 3 N–H and O–H groups in total. The third-order valence-electron chi connectivity index (χ3n) is 2.64. The molecule has 1 aromatic carbocycles. The van der Waals surface area contributed by atoms with Crippen molar-refractivity contribution in [1.82, 2.24) is 5.32 Å². The van der Waals surface area contributed by atoms with Gasteiger partial charge in [-0.3, -0.25) is 0 Å². The summed E-state index contributed by atoms with van der Waals surface area (Å²) in [5.74, 6) is 0. The number of nitrogens with one attached hydrogen (secondary N) is 1. The minimum atomic E-state index is 0.845. The van der Waals surface area contributed by atoms with Gasteiger partial charge in [0, 0.05) is 23.7 Å². The molecule has 1 aromatic heterocycles. The molecule has 2 nitrogen and oxygen atoms in total. The van der Waals surface area contributed by atoms with E-state index in [0.29, 0.717) is 0 Å². The van der Waals surface area contributed by atoms with Crippen LogP contribution in [0, 0.1) is 6.92 Å². The molecule has 0 radical (unpaired) electrons. The molecule has 3 heteroatoms. The van der Waals surface area contributed by atoms with E-state index in [0.717, 1.165) is 18.8 Å². The van der Waals surface area contributed by atoms with E-state index in [-0.39, 0.29) is 0 Å². The van der Waals surface area contributed by atoms with Crippen LogP contribution in [0.3, 0.4) is 0 Å². The van der Waals surface area contributed by atoms with Crippen molar-refractivity contribution >= 4 is 17.0 Å². The average molecular weight is 232 g/mol. The first kappa shape index (κ1) is 11.2. The normalized spacial score (nSPS) is 10.6. The number of nitrogens with two attached hydrogens (primary N) is 1. The van der Waals surface area contributed by atoms with Crippen molar-refractivity contribution in [3.8, 4) is 0 Å². The van der Waals surface area contributed by atoms with E-state index in [1.165, 1.54) is 16.0 Å². The van der Waals surface area contributed by atoms with Gasteiger partial charge in [-0.15, -0.1) is 11.3 Å². The van der Waals surface area contributed by atoms with Gasteiger partial charge in [0.1, 0.15) is 0 Å². The van der Waals surface area contributed by atoms with Crippen LogP contribution in [0.4, 0.5) is 5.69 Å². The molecule has 0 aliphatic heterocycles. The number of anilines is 1. The van der Waals surface area contributed by atoms with Crippen LogP contribution in [0.5, 0.6) is 0 Å². The van der Waals surface area contributed by atoms with Crippen LogP contribution in [0.1, 0.15) is 16.0 Å². The van der Waals surface area contributed by atoms with Crippen molar-refractivity contribution in [2.24, 2.45) is 0 Å². The Morgan fingerprint density at radius 2 is 2.00 bits per heavy atom. The van der Waals surface area contributed by atoms with Crippen LogP contribution >= 0.6 is 11.3 Å². The monoisotopic (exact) mass is 232 g/mol. The Kier molecular flexibility index (Phi) is 3.59. The fourth-order valence-electron chi connectivity index (χ4n) is 1.61. The number of nitrogen functional groups attached to an aromatic ring is 1. The Hall–Kier alpha value is -1.32. The van der Waals surface area contributed by atoms with Gasteiger partial charge in [-0.2, -0.15) is 0 Å². The molecule has 0 fully saturated rings. The summed E-state index contributed by atoms with van der Waals surface area (Å²) in [5.41, 5.74) is 9.38. The van der Waals surface area contributed by atoms with Gasteiger partial charge < -0.3 is 11.1 Å². The molecule has 2 rings (SSSR count). The summed E-state index contributed by atoms with van der Waals surface area (Å²) in [6, 6.07) is 10.4. The van der Waals surface area contributed by atoms with Crippen molar-refractivity contribution in [1.29, 1.82) is 0 Å². The number of benzene rings is 1. The van der Waals surface area contributed by atoms with Crippen LogP contribution in [-0.4, -0.2) is 0 Å². The molecule has 1 heterocycles. The minimum absolute atomic E-state index is 0.845. The molecule has 2 aromatic rings. The maximum absolute atomic E-state index is 5.82. The predicted octanol–water partition coefficient (Wildman–Crippen LogP) is 2.93. The molecule has 0 spiro atoms. The van der Waals surface area contributed by atoms with Crippen LogP contribution < -0.4 is 11.1 Å². The summed E-state index contributed by atoms with van der Waals surface area (Å²) in [7, 11) is 0. The number of hydrogen-bond donors (Lipinski definition) is 2. The smallest absolute Gasteiger partial charge is 0.0468 e. The summed E-state index contributed by atoms with van der Waals surface area (Å²) in [6.07, 6.45) is 0. The van der Waals surface area contributed by atoms with E-state index >= 15 is 0 Å². The quantitative estimate of drug-likeness (QED) is 0.850. The first-order chi connectivity index (χ1) is 7.77. The SMILES string of the molecule is Cc1ccccc1CNCc1sccc1N. The van der Waals surface area contributed by atoms with E-state index in [2.05, 4.69) is 36.5 Å². The average Bonchev–Trinajstić information content (AvgIpc) is 2.67. The predicted molar refractivity (Wildman–Crippen MR) is 70.5 cm³/mol. The van der Waals surface area contributed by atoms with Crippen molar-refractivity contribution < 1.29 is 0 Å². The molecule has 16 heavy (non-hydrogen) atoms. The molecule has 0 unspecified atom stereocenters. The summed E-state index contributed by atoms with van der Waals surface area (Å²) >= 11 is 1.70. The zero-order chi connectivity index (χ0) is 11.4. The standard InChI is InChI=1S/C13H16N2S/c1-10-4-2-3-5-11(10)8-15-9-13-12(14)6-7-16-13/h2-7,15H,8-9,14H2,1H3. The Labute approximate surface area is 100 Å². The van der Waals surface area contributed by atoms with E-state index in [9.17, 15) is 0 Å². The minimum Gasteiger partial charge on any atom is -0.398 e. The number of aryl methyl sites for hydroxylation is 1. The fraction of sp³-hybridized carbons (Fsp3) is 0.231. The summed E-state index contributed by atoms with van der Waals surface area (Å²) in [4.78, 5) is 1.22. The molecule has 0 aliphatic carbocycles. The van der Waals surface area contributed by atoms with Crippen LogP contribution in [0.25, 0.3) is 0 Å². The summed E-state index contributed by atoms with van der Waals surface area (Å²) in [5, 5.41) is 5.44. The Morgan fingerprint density at radius 3 is 2.69 bits per heavy atom. The second-order valence-corrected chi connectivity index (χ2v) is 4.83. The van der Waals surface area contributed by atoms with Gasteiger partial charge in [0.25, 0.3) is 0 Å². The molecular formula is C13H16N2S. The first-order valence-electron chi connectivity index (χ1n) is 5.34. The highest BCUT2D eigenvalue weighted by atomic mass is 32.1. The van der Waals surface area contributed by atoms with Gasteiger partial charge in [0.2, 0.25) is 0 Å². The number of rotatable bonds is 4. The maximum Gasteiger partial charge on any atom is 0.0468 e. The molecule has 0 saturated heterocycles. The van der Waals surface area contributed by atoms with Crippen LogP contribution in [0.2, 0.25) is 0 Å². The highest BCUT2D eigenvalue weighted by Gasteiger charge is 2.00. The lowest BCUT2D eigenvalue weighted by atomic mass is 10.1. The van der Waals surface area contributed by atoms with Crippen LogP contribution in [-0.2, 0) is 13.1 Å². The zero-order valence-electron chi connectivity index (χ0n) is 9.36. The third kappa shape index (κ3) is 2.62. The van der Waals surface area contributed by atoms with Crippen molar-refractivity contribution in [3.05, 3.63) is 51.7 Å². The van der Waals surface area contributed by atoms with Gasteiger partial charge in [-0.1, -0.05) is 24.3 Å². The highest BCUT2D eigenvalue weighted by molar-refractivity contribution is 7.10. The fourth-order valence-corrected chi connectivity index (χ4v) is 2.38. The van der Waals surface area contributed by atoms with Gasteiger partial charge in [-0.05, 0) is 29.5 Å². The summed E-state index contributed by atoms with van der Waals surface area (Å²) in [6.45, 7) is 3.87. The lowest BCUT2D eigenvalue weighted by molar-refractivity contribution is 0.699. The number of hydrogen-bond acceptors (Lipinski definition) is 3. The van der Waals surface area contributed by atoms with Crippen LogP contribution in [0.15, 0.2) is 35.7 Å². The molecule has 0 atom stereocenters. The zero-order valence-corrected chi connectivity index (χ0v) is 10.2. The second-order valence-electron chi connectivity index (χ2n) is 3.83. The topological polar surface area (TPSA) is 38.0 Å². The van der Waals surface area contributed by atoms with E-state index in [1.54, 1.807) is 11.3 Å². The van der Waals surface area contributed by atoms with Gasteiger partial charge >= 0.3 is 0 Å². The Bertz CT molecular complexity index is 462. The van der Waals surface area contributed by atoms with Crippen molar-refractivity contribution in [3.63, 3.8) is 0 Å². The van der Waals surface area contributed by atoms with Gasteiger partial charge in [0.05, 0.1) is 0 Å². The largest absolute Gasteiger partial charge is 0.398 e. The maximum atomic E-state index is 5.82. The first-order valence-corrected chi connectivity index (χ1v) is 6.22. The molecule has 0 bridgehead atoms. The molecule has 0 saturated carbocycles. The summed E-state index contributed by atoms with van der Waals surface area (Å²) < 4.78 is 0. The molecule has 0 amide bonds. The van der Waals surface area contributed by atoms with Gasteiger partial charge in [-0.25, -0.2) is 0 Å². The Morgan fingerprint density at radius 1 is 1.19 bits per heavy atom. The molecule has 84 valence electrons. The molecule has 0 aliphatic rings. The van der Waals surface area contributed by atoms with Gasteiger partial charge in [0.15, 0.2) is 0 Å². The van der Waals surface area contributed by atoms with E-state index in [4.69, 9.17) is 5.73 Å². The van der Waals surface area contributed by atoms with E-state index < -0.39 is 0 Å². The third-order valence-corrected chi connectivity index (χ3v) is 3.58. The molecular weight excluding hydrogens is 216 g/mol. The number of thiophene rings is 1. The highest BCUT2D eigenvalue weighted by Crippen LogP contribution is 2.18. The van der Waals surface area contributed by atoms with E-state index in [1.807, 2.05) is 11.4 Å². The lowest BCUT2D eigenvalue weighted by Gasteiger charge is -2.07. The van der Waals surface area contributed by atoms with Crippen molar-refractivity contribution in [2.75, 3.05) is 5.73 Å².